The topological polar surface area (TPSA) is 102 Å². The molecule has 0 unspecified atom stereocenters. The second-order valence-electron chi connectivity index (χ2n) is 6.16. The van der Waals surface area contributed by atoms with Crippen LogP contribution in [0.25, 0.3) is 11.3 Å². The lowest BCUT2D eigenvalue weighted by Crippen LogP contribution is -2.44. The summed E-state index contributed by atoms with van der Waals surface area (Å²) in [5.74, 6) is 0.432. The van der Waals surface area contributed by atoms with Crippen molar-refractivity contribution in [1.29, 1.82) is 5.26 Å². The number of nitriles is 1. The van der Waals surface area contributed by atoms with Crippen LogP contribution in [0.1, 0.15) is 5.69 Å². The van der Waals surface area contributed by atoms with Gasteiger partial charge in [-0.05, 0) is 24.5 Å². The maximum Gasteiger partial charge on any atom is 0.228 e. The molecule has 0 aliphatic carbocycles. The van der Waals surface area contributed by atoms with Crippen molar-refractivity contribution in [3.63, 3.8) is 0 Å². The highest BCUT2D eigenvalue weighted by Gasteiger charge is 2.39. The lowest BCUT2D eigenvalue weighted by Gasteiger charge is -2.34. The van der Waals surface area contributed by atoms with E-state index in [4.69, 9.17) is 16.3 Å². The lowest BCUT2D eigenvalue weighted by atomic mass is 9.88. The predicted octanol–water partition coefficient (Wildman–Crippen LogP) is 3.04. The Morgan fingerprint density at radius 3 is 2.96 bits per heavy atom. The second kappa shape index (κ2) is 6.64. The van der Waals surface area contributed by atoms with Gasteiger partial charge in [0.05, 0.1) is 54.6 Å². The number of anilines is 2. The molecule has 0 amide bonds. The first-order valence-corrected chi connectivity index (χ1v) is 8.97. The zero-order valence-electron chi connectivity index (χ0n) is 13.8. The summed E-state index contributed by atoms with van der Waals surface area (Å²) in [4.78, 5) is 8.70. The molecule has 1 aliphatic rings. The van der Waals surface area contributed by atoms with Crippen LogP contribution in [0.4, 0.5) is 10.9 Å². The highest BCUT2D eigenvalue weighted by Crippen LogP contribution is 2.31. The Morgan fingerprint density at radius 1 is 1.46 bits per heavy atom. The zero-order valence-corrected chi connectivity index (χ0v) is 15.4. The number of hydrogen-bond donors (Lipinski definition) is 1. The Kier molecular flexibility index (Phi) is 4.32. The van der Waals surface area contributed by atoms with Gasteiger partial charge in [-0.2, -0.15) is 14.7 Å². The molecule has 0 saturated carbocycles. The molecule has 4 rings (SSSR count). The molecule has 4 heterocycles. The third-order valence-corrected chi connectivity index (χ3v) is 5.04. The van der Waals surface area contributed by atoms with Crippen LogP contribution in [0.5, 0.6) is 0 Å². The van der Waals surface area contributed by atoms with Crippen molar-refractivity contribution in [2.45, 2.75) is 13.5 Å². The first-order chi connectivity index (χ1) is 12.6. The summed E-state index contributed by atoms with van der Waals surface area (Å²) < 4.78 is 11.1. The minimum Gasteiger partial charge on any atom is -0.378 e. The van der Waals surface area contributed by atoms with Gasteiger partial charge in [-0.1, -0.05) is 11.6 Å². The molecule has 1 fully saturated rings. The van der Waals surface area contributed by atoms with E-state index in [0.717, 1.165) is 16.3 Å². The fourth-order valence-corrected chi connectivity index (χ4v) is 3.44. The largest absolute Gasteiger partial charge is 0.378 e. The van der Waals surface area contributed by atoms with E-state index in [1.807, 2.05) is 19.2 Å². The van der Waals surface area contributed by atoms with Crippen molar-refractivity contribution in [3.8, 4) is 17.3 Å². The van der Waals surface area contributed by atoms with Crippen molar-refractivity contribution < 1.29 is 4.74 Å². The van der Waals surface area contributed by atoms with Gasteiger partial charge in [0.2, 0.25) is 5.95 Å². The van der Waals surface area contributed by atoms with Crippen LogP contribution in [0.2, 0.25) is 5.02 Å². The van der Waals surface area contributed by atoms with E-state index in [2.05, 4.69) is 30.8 Å². The smallest absolute Gasteiger partial charge is 0.228 e. The molecular formula is C16H14ClN7OS. The van der Waals surface area contributed by atoms with E-state index < -0.39 is 5.41 Å². The van der Waals surface area contributed by atoms with Crippen LogP contribution in [0, 0.1) is 23.7 Å². The van der Waals surface area contributed by atoms with Gasteiger partial charge in [0.25, 0.3) is 0 Å². The molecule has 0 radical (unpaired) electrons. The highest BCUT2D eigenvalue weighted by molar-refractivity contribution is 7.10. The van der Waals surface area contributed by atoms with Gasteiger partial charge >= 0.3 is 0 Å². The number of nitrogens with one attached hydrogen (secondary N) is 1. The fraction of sp³-hybridized carbons (Fsp3) is 0.312. The Balaban J connectivity index is 1.57. The average molecular weight is 388 g/mol. The molecule has 10 heteroatoms. The summed E-state index contributed by atoms with van der Waals surface area (Å²) in [5, 5.41) is 18.1. The maximum absolute atomic E-state index is 9.32. The van der Waals surface area contributed by atoms with Gasteiger partial charge in [-0.15, -0.1) is 0 Å². The van der Waals surface area contributed by atoms with E-state index in [1.165, 1.54) is 11.5 Å². The molecule has 8 nitrogen and oxygen atoms in total. The summed E-state index contributed by atoms with van der Waals surface area (Å²) in [7, 11) is 0. The normalized spacial score (nSPS) is 15.3. The Bertz CT molecular complexity index is 989. The predicted molar refractivity (Wildman–Crippen MR) is 97.3 cm³/mol. The Labute approximate surface area is 158 Å². The first-order valence-electron chi connectivity index (χ1n) is 7.82. The molecule has 3 aromatic rings. The van der Waals surface area contributed by atoms with Gasteiger partial charge in [0.1, 0.15) is 10.4 Å². The van der Waals surface area contributed by atoms with Crippen LogP contribution in [0.3, 0.4) is 0 Å². The van der Waals surface area contributed by atoms with Crippen LogP contribution in [-0.4, -0.2) is 37.3 Å². The van der Waals surface area contributed by atoms with Crippen LogP contribution < -0.4 is 5.32 Å². The Morgan fingerprint density at radius 2 is 2.31 bits per heavy atom. The van der Waals surface area contributed by atoms with E-state index in [9.17, 15) is 5.26 Å². The second-order valence-corrected chi connectivity index (χ2v) is 7.37. The fourth-order valence-electron chi connectivity index (χ4n) is 2.58. The number of halogens is 1. The minimum absolute atomic E-state index is 0.426. The third kappa shape index (κ3) is 3.26. The molecule has 26 heavy (non-hydrogen) atoms. The Hall–Kier alpha value is -2.54. The number of aromatic nitrogens is 5. The van der Waals surface area contributed by atoms with Gasteiger partial charge in [0, 0.05) is 11.8 Å². The van der Waals surface area contributed by atoms with E-state index in [0.29, 0.717) is 36.4 Å². The third-order valence-electron chi connectivity index (χ3n) is 3.97. The molecule has 3 aromatic heterocycles. The molecular weight excluding hydrogens is 374 g/mol. The monoisotopic (exact) mass is 387 g/mol. The van der Waals surface area contributed by atoms with Gasteiger partial charge < -0.3 is 10.1 Å². The first kappa shape index (κ1) is 16.9. The van der Waals surface area contributed by atoms with Crippen molar-refractivity contribution >= 4 is 34.1 Å². The molecule has 0 spiro atoms. The van der Waals surface area contributed by atoms with E-state index in [1.54, 1.807) is 17.1 Å². The van der Waals surface area contributed by atoms with Crippen LogP contribution in [-0.2, 0) is 11.3 Å². The molecule has 1 saturated heterocycles. The quantitative estimate of drug-likeness (QED) is 0.717. The van der Waals surface area contributed by atoms with E-state index >= 15 is 0 Å². The number of aryl methyl sites for hydroxylation is 1. The standard InChI is InChI=1S/C16H14ClN7OS/c1-10-2-13(26-23-10)21-15-19-4-12(17)14(22-15)11-3-20-24(5-11)7-16(6-18)8-25-9-16/h2-5H,7-9H2,1H3,(H,19,21,22). The summed E-state index contributed by atoms with van der Waals surface area (Å²) in [6.45, 7) is 3.24. The molecule has 0 bridgehead atoms. The zero-order chi connectivity index (χ0) is 18.1. The summed E-state index contributed by atoms with van der Waals surface area (Å²) in [6, 6.07) is 4.23. The summed E-state index contributed by atoms with van der Waals surface area (Å²) >= 11 is 7.61. The van der Waals surface area contributed by atoms with Gasteiger partial charge in [-0.3, -0.25) is 4.68 Å². The van der Waals surface area contributed by atoms with Crippen molar-refractivity contribution in [2.75, 3.05) is 18.5 Å². The highest BCUT2D eigenvalue weighted by atomic mass is 35.5. The summed E-state index contributed by atoms with van der Waals surface area (Å²) in [5.41, 5.74) is 1.76. The molecule has 1 aliphatic heterocycles. The molecule has 0 atom stereocenters. The lowest BCUT2D eigenvalue weighted by molar-refractivity contribution is -0.0870. The SMILES string of the molecule is Cc1cc(Nc2ncc(Cl)c(-c3cnn(CC4(C#N)COC4)c3)n2)sn1. The number of hydrogen-bond acceptors (Lipinski definition) is 8. The van der Waals surface area contributed by atoms with Crippen molar-refractivity contribution in [3.05, 3.63) is 35.4 Å². The number of rotatable bonds is 5. The van der Waals surface area contributed by atoms with Crippen LogP contribution >= 0.6 is 23.1 Å². The number of ether oxygens (including phenoxy) is 1. The number of nitrogens with zero attached hydrogens (tertiary/aromatic N) is 6. The molecule has 0 aromatic carbocycles. The maximum atomic E-state index is 9.32. The van der Waals surface area contributed by atoms with Gasteiger partial charge in [0.15, 0.2) is 0 Å². The van der Waals surface area contributed by atoms with E-state index in [-0.39, 0.29) is 0 Å². The minimum atomic E-state index is -0.504. The summed E-state index contributed by atoms with van der Waals surface area (Å²) in [6.07, 6.45) is 5.06. The van der Waals surface area contributed by atoms with Gasteiger partial charge in [-0.25, -0.2) is 9.97 Å². The van der Waals surface area contributed by atoms with Crippen molar-refractivity contribution in [2.24, 2.45) is 5.41 Å². The average Bonchev–Trinajstić information content (AvgIpc) is 3.22. The van der Waals surface area contributed by atoms with Crippen LogP contribution in [0.15, 0.2) is 24.7 Å². The molecule has 132 valence electrons. The van der Waals surface area contributed by atoms with Crippen molar-refractivity contribution in [1.82, 2.24) is 24.1 Å². The molecule has 1 N–H and O–H groups in total.